The van der Waals surface area contributed by atoms with Crippen LogP contribution in [0, 0.1) is 5.41 Å². The maximum Gasteiger partial charge on any atom is 0.0302 e. The minimum Gasteiger partial charge on any atom is -0.330 e. The summed E-state index contributed by atoms with van der Waals surface area (Å²) >= 11 is 1.86. The Bertz CT molecular complexity index is 315. The Labute approximate surface area is 95.9 Å². The highest BCUT2D eigenvalue weighted by molar-refractivity contribution is 7.10. The van der Waals surface area contributed by atoms with Crippen molar-refractivity contribution in [3.8, 4) is 0 Å². The van der Waals surface area contributed by atoms with Crippen LogP contribution >= 0.6 is 11.3 Å². The minimum absolute atomic E-state index is 0.448. The number of nitrogens with two attached hydrogens (primary N) is 1. The van der Waals surface area contributed by atoms with E-state index in [9.17, 15) is 0 Å². The summed E-state index contributed by atoms with van der Waals surface area (Å²) in [6.45, 7) is 5.16. The normalized spacial score (nSPS) is 18.0. The third kappa shape index (κ3) is 2.60. The molecule has 3 N–H and O–H groups in total. The summed E-state index contributed by atoms with van der Waals surface area (Å²) in [7, 11) is 0. The molecule has 1 saturated carbocycles. The van der Waals surface area contributed by atoms with E-state index in [4.69, 9.17) is 5.73 Å². The summed E-state index contributed by atoms with van der Waals surface area (Å²) in [5.41, 5.74) is 7.69. The Hall–Kier alpha value is -0.380. The maximum atomic E-state index is 5.75. The van der Waals surface area contributed by atoms with Crippen molar-refractivity contribution in [2.24, 2.45) is 11.1 Å². The molecule has 1 aliphatic carbocycles. The van der Waals surface area contributed by atoms with Gasteiger partial charge in [0, 0.05) is 18.0 Å². The molecule has 0 atom stereocenters. The van der Waals surface area contributed by atoms with Gasteiger partial charge in [0.1, 0.15) is 0 Å². The van der Waals surface area contributed by atoms with Crippen molar-refractivity contribution in [3.63, 3.8) is 0 Å². The summed E-state index contributed by atoms with van der Waals surface area (Å²) in [6.07, 6.45) is 3.76. The summed E-state index contributed by atoms with van der Waals surface area (Å²) < 4.78 is 0. The second-order valence-electron chi connectivity index (χ2n) is 4.53. The number of hydrogen-bond acceptors (Lipinski definition) is 3. The summed E-state index contributed by atoms with van der Waals surface area (Å²) in [4.78, 5) is 1.49. The molecule has 0 unspecified atom stereocenters. The van der Waals surface area contributed by atoms with Crippen molar-refractivity contribution in [2.45, 2.75) is 32.7 Å². The predicted molar refractivity (Wildman–Crippen MR) is 66.1 cm³/mol. The van der Waals surface area contributed by atoms with E-state index in [1.165, 1.54) is 23.3 Å². The lowest BCUT2D eigenvalue weighted by atomic mass is 10.1. The van der Waals surface area contributed by atoms with Gasteiger partial charge in [-0.15, -0.1) is 11.3 Å². The SMILES string of the molecule is CCc1ccsc1CNCC1(CN)CC1. The molecule has 0 saturated heterocycles. The molecular weight excluding hydrogens is 204 g/mol. The van der Waals surface area contributed by atoms with Crippen LogP contribution in [0.5, 0.6) is 0 Å². The molecule has 0 bridgehead atoms. The zero-order valence-electron chi connectivity index (χ0n) is 9.38. The van der Waals surface area contributed by atoms with Gasteiger partial charge in [-0.25, -0.2) is 0 Å². The third-order valence-corrected chi connectivity index (χ3v) is 4.36. The number of hydrogen-bond donors (Lipinski definition) is 2. The average molecular weight is 224 g/mol. The third-order valence-electron chi connectivity index (χ3n) is 3.39. The topological polar surface area (TPSA) is 38.0 Å². The van der Waals surface area contributed by atoms with Gasteiger partial charge >= 0.3 is 0 Å². The molecule has 1 heterocycles. The van der Waals surface area contributed by atoms with Crippen LogP contribution < -0.4 is 11.1 Å². The van der Waals surface area contributed by atoms with Gasteiger partial charge < -0.3 is 11.1 Å². The molecule has 1 aromatic heterocycles. The number of aryl methyl sites for hydroxylation is 1. The fourth-order valence-corrected chi connectivity index (χ4v) is 2.85. The second-order valence-corrected chi connectivity index (χ2v) is 5.53. The molecule has 0 spiro atoms. The van der Waals surface area contributed by atoms with Crippen LogP contribution in [0.1, 0.15) is 30.2 Å². The second kappa shape index (κ2) is 4.64. The molecule has 1 aliphatic rings. The number of nitrogens with one attached hydrogen (secondary N) is 1. The maximum absolute atomic E-state index is 5.75. The minimum atomic E-state index is 0.448. The van der Waals surface area contributed by atoms with E-state index < -0.39 is 0 Å². The highest BCUT2D eigenvalue weighted by atomic mass is 32.1. The zero-order chi connectivity index (χ0) is 10.7. The number of rotatable bonds is 6. The van der Waals surface area contributed by atoms with E-state index in [2.05, 4.69) is 23.7 Å². The van der Waals surface area contributed by atoms with Crippen LogP contribution in [0.25, 0.3) is 0 Å². The van der Waals surface area contributed by atoms with Gasteiger partial charge in [-0.2, -0.15) is 0 Å². The van der Waals surface area contributed by atoms with Crippen molar-refractivity contribution in [1.29, 1.82) is 0 Å². The van der Waals surface area contributed by atoms with Gasteiger partial charge in [0.25, 0.3) is 0 Å². The fraction of sp³-hybridized carbons (Fsp3) is 0.667. The van der Waals surface area contributed by atoms with Gasteiger partial charge in [0.15, 0.2) is 0 Å². The summed E-state index contributed by atoms with van der Waals surface area (Å²) in [6, 6.07) is 2.23. The fourth-order valence-electron chi connectivity index (χ4n) is 1.91. The molecule has 0 aromatic carbocycles. The lowest BCUT2D eigenvalue weighted by molar-refractivity contribution is 0.468. The van der Waals surface area contributed by atoms with E-state index in [0.29, 0.717) is 5.41 Å². The van der Waals surface area contributed by atoms with Gasteiger partial charge in [0.2, 0.25) is 0 Å². The van der Waals surface area contributed by atoms with Crippen LogP contribution in [0.4, 0.5) is 0 Å². The first-order chi connectivity index (χ1) is 7.29. The Morgan fingerprint density at radius 3 is 2.93 bits per heavy atom. The molecule has 0 radical (unpaired) electrons. The zero-order valence-corrected chi connectivity index (χ0v) is 10.2. The first kappa shape index (κ1) is 11.1. The molecule has 1 aromatic rings. The summed E-state index contributed by atoms with van der Waals surface area (Å²) in [5.74, 6) is 0. The molecule has 0 amide bonds. The molecule has 0 aliphatic heterocycles. The Morgan fingerprint density at radius 2 is 2.33 bits per heavy atom. The number of thiophene rings is 1. The lowest BCUT2D eigenvalue weighted by Crippen LogP contribution is -2.29. The molecule has 3 heteroatoms. The lowest BCUT2D eigenvalue weighted by Gasteiger charge is -2.13. The Kier molecular flexibility index (Phi) is 3.44. The Morgan fingerprint density at radius 1 is 1.53 bits per heavy atom. The molecule has 84 valence electrons. The van der Waals surface area contributed by atoms with Crippen LogP contribution in [0.15, 0.2) is 11.4 Å². The van der Waals surface area contributed by atoms with Crippen LogP contribution in [0.3, 0.4) is 0 Å². The van der Waals surface area contributed by atoms with E-state index in [0.717, 1.165) is 26.1 Å². The smallest absolute Gasteiger partial charge is 0.0302 e. The molecule has 1 fully saturated rings. The van der Waals surface area contributed by atoms with Crippen LogP contribution in [0.2, 0.25) is 0 Å². The standard InChI is InChI=1S/C12H20N2S/c1-2-10-3-6-15-11(10)7-14-9-12(8-13)4-5-12/h3,6,14H,2,4-5,7-9,13H2,1H3. The first-order valence-corrected chi connectivity index (χ1v) is 6.64. The van der Waals surface area contributed by atoms with E-state index >= 15 is 0 Å². The predicted octanol–water partition coefficient (Wildman–Crippen LogP) is 2.14. The van der Waals surface area contributed by atoms with Gasteiger partial charge in [-0.3, -0.25) is 0 Å². The largest absolute Gasteiger partial charge is 0.330 e. The molecular formula is C12H20N2S. The van der Waals surface area contributed by atoms with E-state index in [1.54, 1.807) is 0 Å². The van der Waals surface area contributed by atoms with E-state index in [1.807, 2.05) is 11.3 Å². The first-order valence-electron chi connectivity index (χ1n) is 5.76. The van der Waals surface area contributed by atoms with Crippen molar-refractivity contribution >= 4 is 11.3 Å². The molecule has 15 heavy (non-hydrogen) atoms. The van der Waals surface area contributed by atoms with E-state index in [-0.39, 0.29) is 0 Å². The van der Waals surface area contributed by atoms with Crippen molar-refractivity contribution < 1.29 is 0 Å². The van der Waals surface area contributed by atoms with Gasteiger partial charge in [0.05, 0.1) is 0 Å². The summed E-state index contributed by atoms with van der Waals surface area (Å²) in [5, 5.41) is 5.73. The quantitative estimate of drug-likeness (QED) is 0.777. The van der Waals surface area contributed by atoms with Gasteiger partial charge in [-0.05, 0) is 48.2 Å². The van der Waals surface area contributed by atoms with Crippen LogP contribution in [-0.4, -0.2) is 13.1 Å². The highest BCUT2D eigenvalue weighted by Gasteiger charge is 2.40. The van der Waals surface area contributed by atoms with Crippen molar-refractivity contribution in [1.82, 2.24) is 5.32 Å². The molecule has 2 rings (SSSR count). The molecule has 2 nitrogen and oxygen atoms in total. The highest BCUT2D eigenvalue weighted by Crippen LogP contribution is 2.43. The average Bonchev–Trinajstić information content (AvgIpc) is 2.90. The van der Waals surface area contributed by atoms with Crippen molar-refractivity contribution in [3.05, 3.63) is 21.9 Å². The van der Waals surface area contributed by atoms with Crippen LogP contribution in [-0.2, 0) is 13.0 Å². The Balaban J connectivity index is 1.78. The monoisotopic (exact) mass is 224 g/mol. The van der Waals surface area contributed by atoms with Gasteiger partial charge in [-0.1, -0.05) is 6.92 Å². The van der Waals surface area contributed by atoms with Crippen molar-refractivity contribution in [2.75, 3.05) is 13.1 Å².